The summed E-state index contributed by atoms with van der Waals surface area (Å²) in [5.74, 6) is -0.154. The number of benzene rings is 3. The van der Waals surface area contributed by atoms with Crippen LogP contribution in [0.1, 0.15) is 39.9 Å². The van der Waals surface area contributed by atoms with Crippen LogP contribution in [0.2, 0.25) is 0 Å². The highest BCUT2D eigenvalue weighted by Gasteiger charge is 2.36. The molecular formula is C29H24N4O4. The first-order valence-electron chi connectivity index (χ1n) is 11.8. The van der Waals surface area contributed by atoms with Gasteiger partial charge < -0.3 is 19.9 Å². The molecule has 1 atom stereocenters. The van der Waals surface area contributed by atoms with E-state index in [4.69, 9.17) is 19.9 Å². The van der Waals surface area contributed by atoms with Crippen molar-refractivity contribution in [2.45, 2.75) is 19.8 Å². The molecule has 2 heterocycles. The van der Waals surface area contributed by atoms with Crippen LogP contribution in [0.15, 0.2) is 84.3 Å². The smallest absolute Gasteiger partial charge is 0.343 e. The van der Waals surface area contributed by atoms with E-state index >= 15 is 0 Å². The Bertz CT molecular complexity index is 1530. The Kier molecular flexibility index (Phi) is 6.35. The number of aromatic amines is 1. The molecule has 5 rings (SSSR count). The number of fused-ring (bicyclic) bond motifs is 1. The first-order valence-corrected chi connectivity index (χ1v) is 11.8. The van der Waals surface area contributed by atoms with Gasteiger partial charge in [-0.25, -0.2) is 4.79 Å². The minimum atomic E-state index is -0.582. The molecule has 0 unspecified atom stereocenters. The third-order valence-electron chi connectivity index (χ3n) is 6.09. The highest BCUT2D eigenvalue weighted by molar-refractivity contribution is 5.91. The molecule has 3 N–H and O–H groups in total. The molecule has 184 valence electrons. The second-order valence-electron chi connectivity index (χ2n) is 8.50. The first kappa shape index (κ1) is 23.7. The maximum Gasteiger partial charge on any atom is 0.343 e. The largest absolute Gasteiger partial charge is 0.490 e. The van der Waals surface area contributed by atoms with Gasteiger partial charge in [0.25, 0.3) is 0 Å². The summed E-state index contributed by atoms with van der Waals surface area (Å²) in [6.07, 6.45) is 0. The number of hydrogen-bond donors (Lipinski definition) is 2. The molecular weight excluding hydrogens is 468 g/mol. The van der Waals surface area contributed by atoms with E-state index in [9.17, 15) is 10.1 Å². The summed E-state index contributed by atoms with van der Waals surface area (Å²) in [7, 11) is 0. The number of nitriles is 1. The van der Waals surface area contributed by atoms with Crippen LogP contribution in [-0.2, 0) is 0 Å². The summed E-state index contributed by atoms with van der Waals surface area (Å²) in [4.78, 5) is 12.7. The van der Waals surface area contributed by atoms with Crippen LogP contribution in [0.25, 0.3) is 11.3 Å². The topological polar surface area (TPSA) is 123 Å². The van der Waals surface area contributed by atoms with Gasteiger partial charge >= 0.3 is 5.97 Å². The molecule has 37 heavy (non-hydrogen) atoms. The predicted octanol–water partition coefficient (Wildman–Crippen LogP) is 5.22. The number of nitrogens with one attached hydrogen (secondary N) is 1. The number of nitrogens with two attached hydrogens (primary N) is 1. The van der Waals surface area contributed by atoms with E-state index in [1.54, 1.807) is 42.5 Å². The fourth-order valence-electron chi connectivity index (χ4n) is 4.31. The average molecular weight is 493 g/mol. The number of aromatic nitrogens is 2. The van der Waals surface area contributed by atoms with Crippen molar-refractivity contribution in [3.05, 3.63) is 107 Å². The fraction of sp³-hybridized carbons (Fsp3) is 0.138. The Morgan fingerprint density at radius 2 is 1.86 bits per heavy atom. The van der Waals surface area contributed by atoms with Crippen LogP contribution in [-0.4, -0.2) is 22.8 Å². The molecule has 1 aliphatic rings. The molecule has 0 saturated carbocycles. The number of esters is 1. The summed E-state index contributed by atoms with van der Waals surface area (Å²) in [6, 6.07) is 24.1. The third-order valence-corrected chi connectivity index (χ3v) is 6.09. The molecule has 0 bridgehead atoms. The van der Waals surface area contributed by atoms with Crippen LogP contribution in [0.3, 0.4) is 0 Å². The quantitative estimate of drug-likeness (QED) is 0.279. The minimum Gasteiger partial charge on any atom is -0.490 e. The van der Waals surface area contributed by atoms with Gasteiger partial charge in [-0.05, 0) is 43.7 Å². The number of H-pyrrole nitrogens is 1. The minimum absolute atomic E-state index is 0.0144. The number of allylic oxidation sites excluding steroid dienone is 1. The molecule has 8 nitrogen and oxygen atoms in total. The highest BCUT2D eigenvalue weighted by Crippen LogP contribution is 2.47. The van der Waals surface area contributed by atoms with Gasteiger partial charge in [0.1, 0.15) is 11.6 Å². The lowest BCUT2D eigenvalue weighted by Gasteiger charge is -2.25. The van der Waals surface area contributed by atoms with Crippen molar-refractivity contribution in [2.75, 3.05) is 6.61 Å². The van der Waals surface area contributed by atoms with Gasteiger partial charge in [0, 0.05) is 5.56 Å². The molecule has 1 aromatic heterocycles. The second kappa shape index (κ2) is 9.91. The second-order valence-corrected chi connectivity index (χ2v) is 8.50. The summed E-state index contributed by atoms with van der Waals surface area (Å²) >= 11 is 0. The third kappa shape index (κ3) is 4.50. The Hall–Kier alpha value is -5.03. The normalized spacial score (nSPS) is 14.4. The zero-order valence-corrected chi connectivity index (χ0v) is 20.3. The number of carbonyl (C=O) groups is 1. The highest BCUT2D eigenvalue weighted by atomic mass is 16.6. The summed E-state index contributed by atoms with van der Waals surface area (Å²) in [6.45, 7) is 4.20. The van der Waals surface area contributed by atoms with E-state index in [1.807, 2.05) is 44.2 Å². The number of aryl methyl sites for hydroxylation is 1. The van der Waals surface area contributed by atoms with Crippen LogP contribution in [0.4, 0.5) is 0 Å². The molecule has 0 aliphatic carbocycles. The Labute approximate surface area is 213 Å². The Morgan fingerprint density at radius 3 is 2.57 bits per heavy atom. The van der Waals surface area contributed by atoms with E-state index in [2.05, 4.69) is 16.3 Å². The maximum absolute atomic E-state index is 12.7. The van der Waals surface area contributed by atoms with Crippen molar-refractivity contribution >= 4 is 5.97 Å². The molecule has 4 aromatic rings. The fourth-order valence-corrected chi connectivity index (χ4v) is 4.31. The van der Waals surface area contributed by atoms with Gasteiger partial charge in [-0.1, -0.05) is 54.1 Å². The summed E-state index contributed by atoms with van der Waals surface area (Å²) in [5.41, 5.74) is 10.9. The molecule has 0 amide bonds. The summed E-state index contributed by atoms with van der Waals surface area (Å²) < 4.78 is 17.2. The van der Waals surface area contributed by atoms with Gasteiger partial charge in [-0.15, -0.1) is 5.10 Å². The first-order chi connectivity index (χ1) is 18.0. The monoisotopic (exact) mass is 492 g/mol. The molecule has 8 heteroatoms. The van der Waals surface area contributed by atoms with E-state index in [0.29, 0.717) is 34.9 Å². The molecule has 0 saturated heterocycles. The molecule has 0 fully saturated rings. The molecule has 0 radical (unpaired) electrons. The van der Waals surface area contributed by atoms with Gasteiger partial charge in [0.05, 0.1) is 29.3 Å². The van der Waals surface area contributed by atoms with Crippen LogP contribution < -0.4 is 19.9 Å². The van der Waals surface area contributed by atoms with E-state index < -0.39 is 11.9 Å². The lowest BCUT2D eigenvalue weighted by Crippen LogP contribution is -2.21. The van der Waals surface area contributed by atoms with Crippen molar-refractivity contribution in [1.29, 1.82) is 5.26 Å². The zero-order valence-electron chi connectivity index (χ0n) is 20.3. The molecule has 3 aromatic carbocycles. The van der Waals surface area contributed by atoms with Gasteiger partial charge in [0.2, 0.25) is 11.8 Å². The van der Waals surface area contributed by atoms with E-state index in [-0.39, 0.29) is 17.2 Å². The van der Waals surface area contributed by atoms with E-state index in [0.717, 1.165) is 16.8 Å². The Morgan fingerprint density at radius 1 is 1.11 bits per heavy atom. The number of ether oxygens (including phenoxy) is 3. The van der Waals surface area contributed by atoms with Crippen molar-refractivity contribution in [2.24, 2.45) is 5.73 Å². The lowest BCUT2D eigenvalue weighted by atomic mass is 9.83. The molecule has 0 spiro atoms. The van der Waals surface area contributed by atoms with Gasteiger partial charge in [0.15, 0.2) is 11.5 Å². The summed E-state index contributed by atoms with van der Waals surface area (Å²) in [5, 5.41) is 17.4. The predicted molar refractivity (Wildman–Crippen MR) is 137 cm³/mol. The van der Waals surface area contributed by atoms with Crippen molar-refractivity contribution in [3.63, 3.8) is 0 Å². The average Bonchev–Trinajstić information content (AvgIpc) is 3.33. The number of hydrogen-bond acceptors (Lipinski definition) is 7. The standard InChI is InChI=1S/C29H24N4O4/c1-3-35-23-15-20(13-14-22(23)36-29(34)19-7-5-4-6-8-19)24-21(16-30)27(31)37-28-25(24)26(32-33-28)18-11-9-17(2)10-12-18/h4-15,24H,3,31H2,1-2H3,(H,32,33)/t24-/m0/s1. The number of carbonyl (C=O) groups excluding carboxylic acids is 1. The van der Waals surface area contributed by atoms with Crippen molar-refractivity contribution in [3.8, 4) is 34.7 Å². The Balaban J connectivity index is 1.59. The van der Waals surface area contributed by atoms with Crippen LogP contribution >= 0.6 is 0 Å². The molecule has 1 aliphatic heterocycles. The lowest BCUT2D eigenvalue weighted by molar-refractivity contribution is 0.0728. The number of nitrogens with zero attached hydrogens (tertiary/aromatic N) is 2. The van der Waals surface area contributed by atoms with Crippen LogP contribution in [0, 0.1) is 18.3 Å². The zero-order chi connectivity index (χ0) is 25.9. The van der Waals surface area contributed by atoms with Crippen LogP contribution in [0.5, 0.6) is 17.4 Å². The van der Waals surface area contributed by atoms with E-state index in [1.165, 1.54) is 0 Å². The SMILES string of the molecule is CCOc1cc([C@H]2C(C#N)=C(N)Oc3n[nH]c(-c4ccc(C)cc4)c32)ccc1OC(=O)c1ccccc1. The van der Waals surface area contributed by atoms with Gasteiger partial charge in [-0.2, -0.15) is 5.26 Å². The number of rotatable bonds is 6. The maximum atomic E-state index is 12.7. The van der Waals surface area contributed by atoms with Crippen molar-refractivity contribution < 1.29 is 19.0 Å². The van der Waals surface area contributed by atoms with Gasteiger partial charge in [-0.3, -0.25) is 5.10 Å². The van der Waals surface area contributed by atoms with Crippen molar-refractivity contribution in [1.82, 2.24) is 10.2 Å².